The molecule has 0 atom stereocenters. The highest BCUT2D eigenvalue weighted by Crippen LogP contribution is 2.15. The van der Waals surface area contributed by atoms with Gasteiger partial charge >= 0.3 is 0 Å². The number of piperidine rings is 1. The number of nitrogens with zero attached hydrogens (tertiary/aromatic N) is 2. The Labute approximate surface area is 106 Å². The lowest BCUT2D eigenvalue weighted by molar-refractivity contribution is 0.176. The highest BCUT2D eigenvalue weighted by molar-refractivity contribution is 4.94. The van der Waals surface area contributed by atoms with Crippen LogP contribution in [-0.2, 0) is 0 Å². The average molecular weight is 237 g/mol. The molecule has 1 rings (SSSR count). The first-order chi connectivity index (χ1) is 7.93. The molecular formula is C14H27N3. The fraction of sp³-hybridized carbons (Fsp3) is 0.929. The summed E-state index contributed by atoms with van der Waals surface area (Å²) in [6, 6.07) is 2.95. The van der Waals surface area contributed by atoms with Gasteiger partial charge in [-0.25, -0.2) is 0 Å². The fourth-order valence-electron chi connectivity index (χ4n) is 2.28. The molecule has 17 heavy (non-hydrogen) atoms. The van der Waals surface area contributed by atoms with Gasteiger partial charge in [-0.05, 0) is 45.7 Å². The van der Waals surface area contributed by atoms with Crippen molar-refractivity contribution in [3.8, 4) is 6.07 Å². The summed E-state index contributed by atoms with van der Waals surface area (Å²) >= 11 is 0. The molecule has 0 unspecified atom stereocenters. The summed E-state index contributed by atoms with van der Waals surface area (Å²) in [4.78, 5) is 2.55. The Morgan fingerprint density at radius 1 is 1.35 bits per heavy atom. The smallest absolute Gasteiger partial charge is 0.0697 e. The lowest BCUT2D eigenvalue weighted by atomic mass is 9.94. The van der Waals surface area contributed by atoms with E-state index in [1.54, 1.807) is 0 Å². The first-order valence-electron chi connectivity index (χ1n) is 6.80. The van der Waals surface area contributed by atoms with Crippen molar-refractivity contribution in [1.82, 2.24) is 10.2 Å². The van der Waals surface area contributed by atoms with E-state index in [0.717, 1.165) is 12.5 Å². The number of likely N-dealkylation sites (tertiary alicyclic amines) is 1. The van der Waals surface area contributed by atoms with Gasteiger partial charge in [-0.15, -0.1) is 0 Å². The minimum Gasteiger partial charge on any atom is -0.312 e. The van der Waals surface area contributed by atoms with Gasteiger partial charge in [-0.3, -0.25) is 0 Å². The van der Waals surface area contributed by atoms with Crippen molar-refractivity contribution in [3.63, 3.8) is 0 Å². The van der Waals surface area contributed by atoms with Crippen LogP contribution in [0.1, 0.15) is 40.5 Å². The molecule has 3 nitrogen and oxygen atoms in total. The Morgan fingerprint density at radius 2 is 1.94 bits per heavy atom. The second kappa shape index (κ2) is 6.37. The van der Waals surface area contributed by atoms with Crippen molar-refractivity contribution in [2.45, 2.75) is 46.6 Å². The predicted molar refractivity (Wildman–Crippen MR) is 71.7 cm³/mol. The van der Waals surface area contributed by atoms with Crippen molar-refractivity contribution in [2.24, 2.45) is 11.3 Å². The minimum absolute atomic E-state index is 0.241. The van der Waals surface area contributed by atoms with Gasteiger partial charge in [0, 0.05) is 19.1 Å². The Morgan fingerprint density at radius 3 is 2.41 bits per heavy atom. The number of rotatable bonds is 5. The summed E-state index contributed by atoms with van der Waals surface area (Å²) in [5.41, 5.74) is -0.241. The molecular weight excluding hydrogens is 210 g/mol. The average Bonchev–Trinajstić information content (AvgIpc) is 2.28. The van der Waals surface area contributed by atoms with Crippen LogP contribution < -0.4 is 5.32 Å². The van der Waals surface area contributed by atoms with Crippen LogP contribution in [0.2, 0.25) is 0 Å². The lowest BCUT2D eigenvalue weighted by Crippen LogP contribution is -2.45. The van der Waals surface area contributed by atoms with Crippen LogP contribution in [0.15, 0.2) is 0 Å². The predicted octanol–water partition coefficient (Wildman–Crippen LogP) is 2.25. The first-order valence-corrected chi connectivity index (χ1v) is 6.80. The van der Waals surface area contributed by atoms with E-state index in [1.807, 2.05) is 13.8 Å². The second-order valence-corrected chi connectivity index (χ2v) is 6.35. The molecule has 1 heterocycles. The van der Waals surface area contributed by atoms with Crippen molar-refractivity contribution < 1.29 is 0 Å². The molecule has 1 saturated heterocycles. The van der Waals surface area contributed by atoms with E-state index in [2.05, 4.69) is 30.1 Å². The van der Waals surface area contributed by atoms with E-state index in [0.29, 0.717) is 6.04 Å². The minimum atomic E-state index is -0.241. The Balaban J connectivity index is 2.22. The zero-order chi connectivity index (χ0) is 12.9. The third-order valence-electron chi connectivity index (χ3n) is 3.35. The molecule has 3 heteroatoms. The molecule has 1 aliphatic heterocycles. The summed E-state index contributed by atoms with van der Waals surface area (Å²) in [5, 5.41) is 12.5. The number of nitriles is 1. The van der Waals surface area contributed by atoms with E-state index in [-0.39, 0.29) is 5.41 Å². The number of hydrogen-bond donors (Lipinski definition) is 1. The van der Waals surface area contributed by atoms with Crippen molar-refractivity contribution >= 4 is 0 Å². The van der Waals surface area contributed by atoms with E-state index in [4.69, 9.17) is 5.26 Å². The maximum absolute atomic E-state index is 8.97. The lowest BCUT2D eigenvalue weighted by Gasteiger charge is -2.34. The number of hydrogen-bond acceptors (Lipinski definition) is 3. The third-order valence-corrected chi connectivity index (χ3v) is 3.35. The summed E-state index contributed by atoms with van der Waals surface area (Å²) in [7, 11) is 0. The van der Waals surface area contributed by atoms with Gasteiger partial charge < -0.3 is 10.2 Å². The van der Waals surface area contributed by atoms with Gasteiger partial charge in [0.15, 0.2) is 0 Å². The standard InChI is InChI=1S/C14H27N3/c1-12(2)9-17-7-5-13(6-8-17)16-11-14(3,4)10-15/h12-13,16H,5-9,11H2,1-4H3. The zero-order valence-electron chi connectivity index (χ0n) is 11.8. The Hall–Kier alpha value is -0.590. The molecule has 1 aliphatic rings. The SMILES string of the molecule is CC(C)CN1CCC(NCC(C)(C)C#N)CC1. The highest BCUT2D eigenvalue weighted by atomic mass is 15.1. The molecule has 0 amide bonds. The third kappa shape index (κ3) is 5.52. The van der Waals surface area contributed by atoms with Crippen LogP contribution in [0, 0.1) is 22.7 Å². The topological polar surface area (TPSA) is 39.1 Å². The molecule has 0 aliphatic carbocycles. The van der Waals surface area contributed by atoms with Crippen molar-refractivity contribution in [1.29, 1.82) is 5.26 Å². The quantitative estimate of drug-likeness (QED) is 0.797. The zero-order valence-corrected chi connectivity index (χ0v) is 11.8. The van der Waals surface area contributed by atoms with Crippen LogP contribution in [0.25, 0.3) is 0 Å². The summed E-state index contributed by atoms with van der Waals surface area (Å²) < 4.78 is 0. The van der Waals surface area contributed by atoms with Gasteiger partial charge in [0.25, 0.3) is 0 Å². The van der Waals surface area contributed by atoms with Crippen LogP contribution in [0.3, 0.4) is 0 Å². The molecule has 0 spiro atoms. The Bertz CT molecular complexity index is 257. The molecule has 1 N–H and O–H groups in total. The van der Waals surface area contributed by atoms with Gasteiger partial charge in [-0.2, -0.15) is 5.26 Å². The molecule has 98 valence electrons. The largest absolute Gasteiger partial charge is 0.312 e. The highest BCUT2D eigenvalue weighted by Gasteiger charge is 2.22. The van der Waals surface area contributed by atoms with Crippen LogP contribution in [0.5, 0.6) is 0 Å². The van der Waals surface area contributed by atoms with Gasteiger partial charge in [0.2, 0.25) is 0 Å². The first kappa shape index (κ1) is 14.5. The van der Waals surface area contributed by atoms with Crippen molar-refractivity contribution in [2.75, 3.05) is 26.2 Å². The summed E-state index contributed by atoms with van der Waals surface area (Å²) in [6.07, 6.45) is 2.43. The van der Waals surface area contributed by atoms with Gasteiger partial charge in [-0.1, -0.05) is 13.8 Å². The summed E-state index contributed by atoms with van der Waals surface area (Å²) in [5.74, 6) is 0.761. The van der Waals surface area contributed by atoms with Crippen molar-refractivity contribution in [3.05, 3.63) is 0 Å². The monoisotopic (exact) mass is 237 g/mol. The molecule has 0 bridgehead atoms. The fourth-order valence-corrected chi connectivity index (χ4v) is 2.28. The molecule has 0 aromatic heterocycles. The second-order valence-electron chi connectivity index (χ2n) is 6.35. The molecule has 0 aromatic carbocycles. The van der Waals surface area contributed by atoms with E-state index in [9.17, 15) is 0 Å². The van der Waals surface area contributed by atoms with Crippen LogP contribution in [0.4, 0.5) is 0 Å². The van der Waals surface area contributed by atoms with E-state index in [1.165, 1.54) is 32.5 Å². The van der Waals surface area contributed by atoms with Gasteiger partial charge in [0.1, 0.15) is 0 Å². The molecule has 0 aromatic rings. The maximum Gasteiger partial charge on any atom is 0.0697 e. The van der Waals surface area contributed by atoms with E-state index < -0.39 is 0 Å². The molecule has 1 fully saturated rings. The van der Waals surface area contributed by atoms with Gasteiger partial charge in [0.05, 0.1) is 11.5 Å². The molecule has 0 saturated carbocycles. The van der Waals surface area contributed by atoms with Crippen LogP contribution >= 0.6 is 0 Å². The van der Waals surface area contributed by atoms with E-state index >= 15 is 0 Å². The normalized spacial score (nSPS) is 19.5. The van der Waals surface area contributed by atoms with Crippen LogP contribution in [-0.4, -0.2) is 37.1 Å². The maximum atomic E-state index is 8.97. The Kier molecular flexibility index (Phi) is 5.42. The molecule has 0 radical (unpaired) electrons. The number of nitrogens with one attached hydrogen (secondary N) is 1. The summed E-state index contributed by atoms with van der Waals surface area (Å²) in [6.45, 7) is 13.0.